The molecule has 7 nitrogen and oxygen atoms in total. The van der Waals surface area contributed by atoms with Gasteiger partial charge in [-0.2, -0.15) is 5.10 Å². The van der Waals surface area contributed by atoms with Crippen LogP contribution in [0.4, 0.5) is 0 Å². The number of methoxy groups -OCH3 is 1. The van der Waals surface area contributed by atoms with Crippen LogP contribution in [-0.4, -0.2) is 54.6 Å². The Hall–Kier alpha value is -3.13. The van der Waals surface area contributed by atoms with Crippen LogP contribution in [0.25, 0.3) is 22.4 Å². The van der Waals surface area contributed by atoms with E-state index >= 15 is 0 Å². The molecule has 0 aliphatic carbocycles. The summed E-state index contributed by atoms with van der Waals surface area (Å²) in [5.74, 6) is 1.67. The van der Waals surface area contributed by atoms with Gasteiger partial charge in [0.15, 0.2) is 5.76 Å². The van der Waals surface area contributed by atoms with Crippen molar-refractivity contribution in [1.29, 1.82) is 0 Å². The normalized spacial score (nSPS) is 15.7. The average Bonchev–Trinajstić information content (AvgIpc) is 3.45. The number of ether oxygens (including phenoxy) is 2. The first kappa shape index (κ1) is 21.7. The Kier molecular flexibility index (Phi) is 6.44. The van der Waals surface area contributed by atoms with Gasteiger partial charge in [-0.15, -0.1) is 0 Å². The summed E-state index contributed by atoms with van der Waals surface area (Å²) in [7, 11) is 3.65. The highest BCUT2D eigenvalue weighted by molar-refractivity contribution is 5.82. The predicted molar refractivity (Wildman–Crippen MR) is 128 cm³/mol. The van der Waals surface area contributed by atoms with Crippen molar-refractivity contribution < 1.29 is 13.9 Å². The van der Waals surface area contributed by atoms with Gasteiger partial charge >= 0.3 is 0 Å². The summed E-state index contributed by atoms with van der Waals surface area (Å²) in [5, 5.41) is 9.44. The van der Waals surface area contributed by atoms with Crippen LogP contribution in [0, 0.1) is 0 Å². The number of benzene rings is 2. The number of furan rings is 1. The van der Waals surface area contributed by atoms with Gasteiger partial charge in [0, 0.05) is 56.4 Å². The Morgan fingerprint density at radius 3 is 2.64 bits per heavy atom. The second-order valence-corrected chi connectivity index (χ2v) is 8.39. The third-order valence-electron chi connectivity index (χ3n) is 6.20. The van der Waals surface area contributed by atoms with Crippen molar-refractivity contribution >= 4 is 11.0 Å². The molecule has 1 saturated heterocycles. The first-order chi connectivity index (χ1) is 16.2. The summed E-state index contributed by atoms with van der Waals surface area (Å²) in [4.78, 5) is 2.49. The minimum absolute atomic E-state index is 0.256. The lowest BCUT2D eigenvalue weighted by Crippen LogP contribution is -2.42. The van der Waals surface area contributed by atoms with Gasteiger partial charge in [0.25, 0.3) is 0 Å². The average molecular weight is 447 g/mol. The van der Waals surface area contributed by atoms with Gasteiger partial charge in [0.2, 0.25) is 0 Å². The molecule has 4 aromatic rings. The zero-order chi connectivity index (χ0) is 22.6. The van der Waals surface area contributed by atoms with E-state index in [1.165, 1.54) is 5.56 Å². The summed E-state index contributed by atoms with van der Waals surface area (Å²) < 4.78 is 18.9. The largest absolute Gasteiger partial charge is 0.497 e. The molecule has 3 heterocycles. The number of nitrogens with one attached hydrogen (secondary N) is 1. The zero-order valence-corrected chi connectivity index (χ0v) is 19.2. The number of aromatic nitrogens is 2. The van der Waals surface area contributed by atoms with Gasteiger partial charge in [0.1, 0.15) is 17.0 Å². The maximum absolute atomic E-state index is 6.08. The monoisotopic (exact) mass is 446 g/mol. The lowest BCUT2D eigenvalue weighted by molar-refractivity contribution is 0.0161. The fraction of sp³-hybridized carbons (Fsp3) is 0.346. The molecule has 5 rings (SSSR count). The molecule has 0 spiro atoms. The van der Waals surface area contributed by atoms with Crippen molar-refractivity contribution in [3.05, 3.63) is 71.9 Å². The Bertz CT molecular complexity index is 1160. The van der Waals surface area contributed by atoms with Crippen LogP contribution in [0.2, 0.25) is 0 Å². The van der Waals surface area contributed by atoms with Crippen molar-refractivity contribution in [2.45, 2.75) is 12.6 Å². The van der Waals surface area contributed by atoms with Crippen molar-refractivity contribution in [2.75, 3.05) is 40.0 Å². The molecule has 0 amide bonds. The summed E-state index contributed by atoms with van der Waals surface area (Å²) in [6.07, 6.45) is 2.06. The lowest BCUT2D eigenvalue weighted by atomic mass is 10.0. The summed E-state index contributed by atoms with van der Waals surface area (Å²) in [5.41, 5.74) is 4.15. The molecule has 0 bridgehead atoms. The molecule has 0 radical (unpaired) electrons. The number of fused-ring (bicyclic) bond motifs is 1. The Labute approximate surface area is 193 Å². The summed E-state index contributed by atoms with van der Waals surface area (Å²) in [6.45, 7) is 4.92. The predicted octanol–water partition coefficient (Wildman–Crippen LogP) is 4.01. The van der Waals surface area contributed by atoms with Crippen molar-refractivity contribution in [1.82, 2.24) is 20.0 Å². The van der Waals surface area contributed by atoms with Gasteiger partial charge < -0.3 is 19.2 Å². The molecule has 2 aromatic heterocycles. The van der Waals surface area contributed by atoms with Crippen molar-refractivity contribution in [3.8, 4) is 17.2 Å². The van der Waals surface area contributed by atoms with E-state index in [2.05, 4.69) is 45.8 Å². The molecule has 7 heteroatoms. The van der Waals surface area contributed by atoms with E-state index in [0.717, 1.165) is 66.6 Å². The Morgan fingerprint density at radius 1 is 1.09 bits per heavy atom. The number of rotatable bonds is 8. The first-order valence-electron chi connectivity index (χ1n) is 11.4. The minimum atomic E-state index is 0.256. The fourth-order valence-electron chi connectivity index (χ4n) is 4.49. The van der Waals surface area contributed by atoms with Gasteiger partial charge in [0.05, 0.1) is 20.3 Å². The lowest BCUT2D eigenvalue weighted by Gasteiger charge is -2.35. The van der Waals surface area contributed by atoms with E-state index in [1.54, 1.807) is 7.11 Å². The SMILES string of the molecule is COc1ccc(C(CNCc2cn(C)nc2-c2cc3ccccc3o2)N2CCOCC2)cc1. The maximum Gasteiger partial charge on any atom is 0.156 e. The quantitative estimate of drug-likeness (QED) is 0.441. The Morgan fingerprint density at radius 2 is 1.88 bits per heavy atom. The van der Waals surface area contributed by atoms with Gasteiger partial charge in [-0.25, -0.2) is 0 Å². The summed E-state index contributed by atoms with van der Waals surface area (Å²) >= 11 is 0. The standard InChI is InChI=1S/C26H30N4O3/c1-29-18-21(26(28-29)25-15-20-5-3-4-6-24(20)33-25)16-27-17-23(30-11-13-32-14-12-30)19-7-9-22(31-2)10-8-19/h3-10,15,18,23,27H,11-14,16-17H2,1-2H3. The van der Waals surface area contributed by atoms with E-state index in [0.29, 0.717) is 6.54 Å². The number of hydrogen-bond acceptors (Lipinski definition) is 6. The van der Waals surface area contributed by atoms with Crippen LogP contribution in [0.1, 0.15) is 17.2 Å². The van der Waals surface area contributed by atoms with E-state index < -0.39 is 0 Å². The zero-order valence-electron chi connectivity index (χ0n) is 19.2. The minimum Gasteiger partial charge on any atom is -0.497 e. The van der Waals surface area contributed by atoms with Crippen molar-refractivity contribution in [3.63, 3.8) is 0 Å². The second kappa shape index (κ2) is 9.79. The fourth-order valence-corrected chi connectivity index (χ4v) is 4.49. The van der Waals surface area contributed by atoms with Gasteiger partial charge in [-0.1, -0.05) is 30.3 Å². The summed E-state index contributed by atoms with van der Waals surface area (Å²) in [6, 6.07) is 18.8. The molecule has 1 N–H and O–H groups in total. The molecular weight excluding hydrogens is 416 g/mol. The molecule has 1 unspecified atom stereocenters. The van der Waals surface area contributed by atoms with Gasteiger partial charge in [-0.3, -0.25) is 9.58 Å². The molecule has 0 saturated carbocycles. The highest BCUT2D eigenvalue weighted by atomic mass is 16.5. The number of hydrogen-bond donors (Lipinski definition) is 1. The number of para-hydroxylation sites is 1. The van der Waals surface area contributed by atoms with E-state index in [1.807, 2.05) is 42.1 Å². The van der Waals surface area contributed by atoms with Crippen LogP contribution in [0.15, 0.2) is 65.2 Å². The smallest absolute Gasteiger partial charge is 0.156 e. The van der Waals surface area contributed by atoms with Crippen LogP contribution in [-0.2, 0) is 18.3 Å². The second-order valence-electron chi connectivity index (χ2n) is 8.39. The van der Waals surface area contributed by atoms with Crippen molar-refractivity contribution in [2.24, 2.45) is 7.05 Å². The molecule has 33 heavy (non-hydrogen) atoms. The van der Waals surface area contributed by atoms with E-state index in [-0.39, 0.29) is 6.04 Å². The van der Waals surface area contributed by atoms with Crippen LogP contribution >= 0.6 is 0 Å². The first-order valence-corrected chi connectivity index (χ1v) is 11.4. The van der Waals surface area contributed by atoms with Crippen LogP contribution < -0.4 is 10.1 Å². The van der Waals surface area contributed by atoms with E-state index in [9.17, 15) is 0 Å². The van der Waals surface area contributed by atoms with Gasteiger partial charge in [-0.05, 0) is 29.8 Å². The number of aryl methyl sites for hydroxylation is 1. The highest BCUT2D eigenvalue weighted by Crippen LogP contribution is 2.29. The number of nitrogens with zero attached hydrogens (tertiary/aromatic N) is 3. The van der Waals surface area contributed by atoms with E-state index in [4.69, 9.17) is 13.9 Å². The third-order valence-corrected chi connectivity index (χ3v) is 6.20. The Balaban J connectivity index is 1.33. The van der Waals surface area contributed by atoms with Crippen LogP contribution in [0.3, 0.4) is 0 Å². The molecule has 1 aliphatic rings. The molecule has 2 aromatic carbocycles. The molecular formula is C26H30N4O3. The molecule has 1 aliphatic heterocycles. The molecule has 1 fully saturated rings. The molecule has 172 valence electrons. The van der Waals surface area contributed by atoms with Crippen LogP contribution in [0.5, 0.6) is 5.75 Å². The third kappa shape index (κ3) is 4.80. The topological polar surface area (TPSA) is 64.7 Å². The molecule has 1 atom stereocenters. The maximum atomic E-state index is 6.08. The number of morpholine rings is 1. The highest BCUT2D eigenvalue weighted by Gasteiger charge is 2.23.